The summed E-state index contributed by atoms with van der Waals surface area (Å²) >= 11 is 0. The Balaban J connectivity index is 1.31. The van der Waals surface area contributed by atoms with Gasteiger partial charge in [-0.3, -0.25) is 0 Å². The van der Waals surface area contributed by atoms with Crippen LogP contribution in [0.25, 0.3) is 10.8 Å². The summed E-state index contributed by atoms with van der Waals surface area (Å²) in [5.41, 5.74) is 1.57. The fourth-order valence-electron chi connectivity index (χ4n) is 6.36. The predicted octanol–water partition coefficient (Wildman–Crippen LogP) is 13.7. The Morgan fingerprint density at radius 1 is 0.421 bits per heavy atom. The molecule has 0 nitrogen and oxygen atoms in total. The zero-order chi connectivity index (χ0) is 26.9. The normalized spacial score (nSPS) is 12.4. The average molecular weight is 521 g/mol. The summed E-state index contributed by atoms with van der Waals surface area (Å²) in [6.07, 6.45) is 36.2. The molecule has 2 aromatic rings. The summed E-state index contributed by atoms with van der Waals surface area (Å²) in [5, 5.41) is 2.86. The van der Waals surface area contributed by atoms with Crippen molar-refractivity contribution in [2.45, 2.75) is 180 Å². The molecule has 1 atom stereocenters. The van der Waals surface area contributed by atoms with Crippen molar-refractivity contribution in [1.29, 1.82) is 0 Å². The van der Waals surface area contributed by atoms with Gasteiger partial charge in [-0.05, 0) is 35.1 Å². The molecular formula is C38H64. The molecule has 0 aromatic heterocycles. The molecule has 0 amide bonds. The SMILES string of the molecule is CCCCCCCCCCCCCCCCCCCCCCCCCC(CC)c1cccc2ccccc12. The molecule has 216 valence electrons. The third-order valence-corrected chi connectivity index (χ3v) is 8.91. The molecule has 0 aliphatic heterocycles. The second-order valence-corrected chi connectivity index (χ2v) is 12.2. The van der Waals surface area contributed by atoms with Crippen LogP contribution in [-0.2, 0) is 0 Å². The Kier molecular flexibility index (Phi) is 20.4. The summed E-state index contributed by atoms with van der Waals surface area (Å²) in [4.78, 5) is 0. The van der Waals surface area contributed by atoms with Gasteiger partial charge in [-0.15, -0.1) is 0 Å². The van der Waals surface area contributed by atoms with Crippen molar-refractivity contribution in [2.75, 3.05) is 0 Å². The lowest BCUT2D eigenvalue weighted by Gasteiger charge is -2.17. The topological polar surface area (TPSA) is 0 Å². The Morgan fingerprint density at radius 3 is 1.26 bits per heavy atom. The van der Waals surface area contributed by atoms with Gasteiger partial charge < -0.3 is 0 Å². The number of unbranched alkanes of at least 4 members (excludes halogenated alkanes) is 22. The van der Waals surface area contributed by atoms with E-state index < -0.39 is 0 Å². The second-order valence-electron chi connectivity index (χ2n) is 12.2. The summed E-state index contributed by atoms with van der Waals surface area (Å²) in [6, 6.07) is 15.8. The van der Waals surface area contributed by atoms with Crippen LogP contribution in [0.5, 0.6) is 0 Å². The van der Waals surface area contributed by atoms with E-state index >= 15 is 0 Å². The zero-order valence-electron chi connectivity index (χ0n) is 25.8. The van der Waals surface area contributed by atoms with Crippen molar-refractivity contribution in [2.24, 2.45) is 0 Å². The Hall–Kier alpha value is -1.30. The highest BCUT2D eigenvalue weighted by Crippen LogP contribution is 2.31. The molecule has 38 heavy (non-hydrogen) atoms. The average Bonchev–Trinajstić information content (AvgIpc) is 2.95. The first-order valence-electron chi connectivity index (χ1n) is 17.3. The van der Waals surface area contributed by atoms with Crippen LogP contribution in [0.3, 0.4) is 0 Å². The highest BCUT2D eigenvalue weighted by atomic mass is 14.2. The monoisotopic (exact) mass is 521 g/mol. The summed E-state index contributed by atoms with van der Waals surface area (Å²) in [6.45, 7) is 4.67. The lowest BCUT2D eigenvalue weighted by molar-refractivity contribution is 0.509. The van der Waals surface area contributed by atoms with Crippen molar-refractivity contribution < 1.29 is 0 Å². The minimum absolute atomic E-state index is 0.719. The van der Waals surface area contributed by atoms with Crippen molar-refractivity contribution in [1.82, 2.24) is 0 Å². The van der Waals surface area contributed by atoms with E-state index in [4.69, 9.17) is 0 Å². The van der Waals surface area contributed by atoms with Gasteiger partial charge in [-0.1, -0.05) is 204 Å². The molecule has 0 aliphatic carbocycles. The van der Waals surface area contributed by atoms with Crippen LogP contribution in [0.1, 0.15) is 186 Å². The van der Waals surface area contributed by atoms with Gasteiger partial charge >= 0.3 is 0 Å². The van der Waals surface area contributed by atoms with Crippen LogP contribution in [-0.4, -0.2) is 0 Å². The molecule has 0 N–H and O–H groups in total. The zero-order valence-corrected chi connectivity index (χ0v) is 25.8. The fraction of sp³-hybridized carbons (Fsp3) is 0.737. The van der Waals surface area contributed by atoms with Gasteiger partial charge in [0.25, 0.3) is 0 Å². The largest absolute Gasteiger partial charge is 0.0654 e. The number of benzene rings is 2. The fourth-order valence-corrected chi connectivity index (χ4v) is 6.36. The third kappa shape index (κ3) is 15.3. The van der Waals surface area contributed by atoms with E-state index in [0.717, 1.165) is 5.92 Å². The molecule has 0 radical (unpaired) electrons. The maximum atomic E-state index is 2.37. The van der Waals surface area contributed by atoms with Crippen LogP contribution in [0, 0.1) is 0 Å². The first-order chi connectivity index (χ1) is 18.9. The van der Waals surface area contributed by atoms with Gasteiger partial charge in [0.1, 0.15) is 0 Å². The van der Waals surface area contributed by atoms with Gasteiger partial charge in [0.05, 0.1) is 0 Å². The highest BCUT2D eigenvalue weighted by molar-refractivity contribution is 5.86. The van der Waals surface area contributed by atoms with E-state index in [9.17, 15) is 0 Å². The van der Waals surface area contributed by atoms with Crippen LogP contribution in [0.4, 0.5) is 0 Å². The predicted molar refractivity (Wildman–Crippen MR) is 173 cm³/mol. The lowest BCUT2D eigenvalue weighted by atomic mass is 9.87. The molecule has 0 heterocycles. The van der Waals surface area contributed by atoms with E-state index in [1.807, 2.05) is 0 Å². The minimum Gasteiger partial charge on any atom is -0.0654 e. The maximum Gasteiger partial charge on any atom is -0.0149 e. The smallest absolute Gasteiger partial charge is 0.0149 e. The van der Waals surface area contributed by atoms with E-state index in [-0.39, 0.29) is 0 Å². The molecule has 1 unspecified atom stereocenters. The van der Waals surface area contributed by atoms with E-state index in [1.165, 1.54) is 171 Å². The quantitative estimate of drug-likeness (QED) is 0.108. The minimum atomic E-state index is 0.719. The Labute approximate surface area is 238 Å². The molecule has 2 rings (SSSR count). The number of fused-ring (bicyclic) bond motifs is 1. The van der Waals surface area contributed by atoms with Crippen molar-refractivity contribution in [3.8, 4) is 0 Å². The molecular weight excluding hydrogens is 456 g/mol. The van der Waals surface area contributed by atoms with Crippen LogP contribution in [0.15, 0.2) is 42.5 Å². The maximum absolute atomic E-state index is 2.37. The van der Waals surface area contributed by atoms with E-state index in [0.29, 0.717) is 0 Å². The van der Waals surface area contributed by atoms with Crippen molar-refractivity contribution in [3.63, 3.8) is 0 Å². The van der Waals surface area contributed by atoms with Gasteiger partial charge in [0, 0.05) is 0 Å². The summed E-state index contributed by atoms with van der Waals surface area (Å²) < 4.78 is 0. The molecule has 0 bridgehead atoms. The lowest BCUT2D eigenvalue weighted by Crippen LogP contribution is -1.99. The molecule has 0 spiro atoms. The van der Waals surface area contributed by atoms with Gasteiger partial charge in [-0.2, -0.15) is 0 Å². The van der Waals surface area contributed by atoms with Gasteiger partial charge in [-0.25, -0.2) is 0 Å². The molecule has 0 fully saturated rings. The van der Waals surface area contributed by atoms with Gasteiger partial charge in [0.15, 0.2) is 0 Å². The summed E-state index contributed by atoms with van der Waals surface area (Å²) in [5.74, 6) is 0.719. The number of hydrogen-bond acceptors (Lipinski definition) is 0. The van der Waals surface area contributed by atoms with Crippen molar-refractivity contribution >= 4 is 10.8 Å². The summed E-state index contributed by atoms with van der Waals surface area (Å²) in [7, 11) is 0. The molecule has 0 saturated heterocycles. The highest BCUT2D eigenvalue weighted by Gasteiger charge is 2.12. The molecule has 2 aromatic carbocycles. The third-order valence-electron chi connectivity index (χ3n) is 8.91. The first-order valence-corrected chi connectivity index (χ1v) is 17.3. The molecule has 0 aliphatic rings. The van der Waals surface area contributed by atoms with Crippen LogP contribution < -0.4 is 0 Å². The van der Waals surface area contributed by atoms with Crippen LogP contribution in [0.2, 0.25) is 0 Å². The second kappa shape index (κ2) is 23.6. The van der Waals surface area contributed by atoms with E-state index in [2.05, 4.69) is 56.3 Å². The van der Waals surface area contributed by atoms with Gasteiger partial charge in [0.2, 0.25) is 0 Å². The Morgan fingerprint density at radius 2 is 0.816 bits per heavy atom. The van der Waals surface area contributed by atoms with Crippen LogP contribution >= 0.6 is 0 Å². The number of hydrogen-bond donors (Lipinski definition) is 0. The van der Waals surface area contributed by atoms with E-state index in [1.54, 1.807) is 5.56 Å². The first kappa shape index (κ1) is 32.9. The standard InChI is InChI=1S/C38H64/c1-3-5-6-7-8-9-10-11-12-13-14-15-16-17-18-19-20-21-22-23-24-25-26-30-35(4-2)37-34-29-32-36-31-27-28-33-38(36)37/h27-29,31-35H,3-26,30H2,1-2H3. The molecule has 0 saturated carbocycles. The number of rotatable bonds is 26. The Bertz CT molecular complexity index is 769. The molecule has 0 heteroatoms. The van der Waals surface area contributed by atoms with Crippen molar-refractivity contribution in [3.05, 3.63) is 48.0 Å².